The third-order valence-electron chi connectivity index (χ3n) is 5.14. The molecule has 2 heterocycles. The number of para-hydroxylation sites is 1. The average Bonchev–Trinajstić information content (AvgIpc) is 3.17. The summed E-state index contributed by atoms with van der Waals surface area (Å²) in [5.41, 5.74) is 2.87. The predicted octanol–water partition coefficient (Wildman–Crippen LogP) is 3.44. The summed E-state index contributed by atoms with van der Waals surface area (Å²) in [7, 11) is -3.70. The molecule has 0 spiro atoms. The van der Waals surface area contributed by atoms with Gasteiger partial charge >= 0.3 is 0 Å². The Hall–Kier alpha value is -2.33. The van der Waals surface area contributed by atoms with Gasteiger partial charge < -0.3 is 4.74 Å². The van der Waals surface area contributed by atoms with E-state index in [4.69, 9.17) is 4.74 Å². The van der Waals surface area contributed by atoms with Gasteiger partial charge in [-0.25, -0.2) is 13.4 Å². The Morgan fingerprint density at radius 1 is 1.23 bits per heavy atom. The number of morpholine rings is 1. The van der Waals surface area contributed by atoms with Crippen molar-refractivity contribution >= 4 is 42.6 Å². The minimum atomic E-state index is -3.70. The average molecular weight is 446 g/mol. The van der Waals surface area contributed by atoms with E-state index >= 15 is 0 Å². The zero-order valence-electron chi connectivity index (χ0n) is 16.8. The van der Waals surface area contributed by atoms with Crippen LogP contribution in [0.4, 0.5) is 5.13 Å². The largest absolute Gasteiger partial charge is 0.379 e. The van der Waals surface area contributed by atoms with Gasteiger partial charge in [0.1, 0.15) is 0 Å². The molecule has 0 radical (unpaired) electrons. The quantitative estimate of drug-likeness (QED) is 0.650. The second-order valence-electron chi connectivity index (χ2n) is 7.09. The van der Waals surface area contributed by atoms with Gasteiger partial charge in [0, 0.05) is 18.7 Å². The highest BCUT2D eigenvalue weighted by Gasteiger charge is 2.29. The van der Waals surface area contributed by atoms with Crippen LogP contribution in [0.15, 0.2) is 41.3 Å². The van der Waals surface area contributed by atoms with E-state index in [9.17, 15) is 13.2 Å². The first kappa shape index (κ1) is 20.9. The van der Waals surface area contributed by atoms with Crippen LogP contribution in [0.1, 0.15) is 28.4 Å². The smallest absolute Gasteiger partial charge is 0.257 e. The molecule has 3 aromatic rings. The number of hydrogen-bond acceptors (Lipinski definition) is 6. The van der Waals surface area contributed by atoms with Gasteiger partial charge in [0.2, 0.25) is 10.0 Å². The van der Waals surface area contributed by atoms with Crippen molar-refractivity contribution in [3.63, 3.8) is 0 Å². The molecule has 0 bridgehead atoms. The Labute approximate surface area is 179 Å². The lowest BCUT2D eigenvalue weighted by molar-refractivity contribution is 0.0730. The van der Waals surface area contributed by atoms with E-state index in [1.54, 1.807) is 12.1 Å². The fourth-order valence-corrected chi connectivity index (χ4v) is 6.13. The van der Waals surface area contributed by atoms with Gasteiger partial charge in [-0.1, -0.05) is 36.5 Å². The molecule has 0 atom stereocenters. The van der Waals surface area contributed by atoms with Crippen LogP contribution in [0, 0.1) is 6.92 Å². The van der Waals surface area contributed by atoms with E-state index in [0.717, 1.165) is 15.8 Å². The molecule has 0 aliphatic carbocycles. The first-order valence-corrected chi connectivity index (χ1v) is 12.0. The molecule has 30 heavy (non-hydrogen) atoms. The first-order valence-electron chi connectivity index (χ1n) is 9.78. The maximum absolute atomic E-state index is 13.2. The molecule has 1 amide bonds. The van der Waals surface area contributed by atoms with E-state index < -0.39 is 10.0 Å². The predicted molar refractivity (Wildman–Crippen MR) is 118 cm³/mol. The summed E-state index contributed by atoms with van der Waals surface area (Å²) in [5, 5.41) is 3.30. The zero-order chi connectivity index (χ0) is 21.3. The molecule has 158 valence electrons. The molecule has 9 heteroatoms. The normalized spacial score (nSPS) is 15.4. The van der Waals surface area contributed by atoms with Crippen LogP contribution in [0.3, 0.4) is 0 Å². The summed E-state index contributed by atoms with van der Waals surface area (Å²) >= 11 is 1.39. The maximum Gasteiger partial charge on any atom is 0.257 e. The molecule has 4 rings (SSSR count). The molecule has 1 aliphatic rings. The van der Waals surface area contributed by atoms with Crippen molar-refractivity contribution < 1.29 is 17.9 Å². The number of fused-ring (bicyclic) bond motifs is 1. The van der Waals surface area contributed by atoms with Crippen molar-refractivity contribution in [3.05, 3.63) is 53.1 Å². The lowest BCUT2D eigenvalue weighted by Crippen LogP contribution is -2.41. The lowest BCUT2D eigenvalue weighted by atomic mass is 10.1. The Morgan fingerprint density at radius 3 is 2.70 bits per heavy atom. The van der Waals surface area contributed by atoms with Gasteiger partial charge in [-0.3, -0.25) is 10.1 Å². The van der Waals surface area contributed by atoms with Gasteiger partial charge in [-0.2, -0.15) is 4.31 Å². The van der Waals surface area contributed by atoms with Crippen molar-refractivity contribution in [2.75, 3.05) is 31.6 Å². The number of aryl methyl sites for hydroxylation is 2. The van der Waals surface area contributed by atoms with E-state index in [2.05, 4.69) is 10.3 Å². The SMILES string of the molecule is CCc1ccc(C(=O)Nc2nc3c(C)cccc3s2)cc1S(=O)(=O)N1CCOCC1. The summed E-state index contributed by atoms with van der Waals surface area (Å²) in [6.45, 7) is 5.24. The van der Waals surface area contributed by atoms with Crippen LogP contribution in [0.25, 0.3) is 10.2 Å². The molecule has 2 aromatic carbocycles. The van der Waals surface area contributed by atoms with E-state index in [0.29, 0.717) is 43.4 Å². The van der Waals surface area contributed by atoms with Crippen LogP contribution >= 0.6 is 11.3 Å². The highest BCUT2D eigenvalue weighted by Crippen LogP contribution is 2.29. The number of thiazole rings is 1. The second-order valence-corrected chi connectivity index (χ2v) is 10.0. The van der Waals surface area contributed by atoms with Crippen molar-refractivity contribution in [1.82, 2.24) is 9.29 Å². The van der Waals surface area contributed by atoms with Gasteiger partial charge in [0.15, 0.2) is 5.13 Å². The second kappa shape index (κ2) is 8.43. The lowest BCUT2D eigenvalue weighted by Gasteiger charge is -2.27. The molecular formula is C21H23N3O4S2. The number of amides is 1. The minimum absolute atomic E-state index is 0.180. The number of hydrogen-bond donors (Lipinski definition) is 1. The van der Waals surface area contributed by atoms with Crippen molar-refractivity contribution in [2.24, 2.45) is 0 Å². The number of rotatable bonds is 5. The Balaban J connectivity index is 1.64. The van der Waals surface area contributed by atoms with Crippen LogP contribution in [-0.4, -0.2) is 49.9 Å². The van der Waals surface area contributed by atoms with Gasteiger partial charge in [-0.05, 0) is 42.7 Å². The highest BCUT2D eigenvalue weighted by atomic mass is 32.2. The summed E-state index contributed by atoms with van der Waals surface area (Å²) in [4.78, 5) is 17.5. The highest BCUT2D eigenvalue weighted by molar-refractivity contribution is 7.89. The van der Waals surface area contributed by atoms with Crippen LogP contribution in [-0.2, 0) is 21.2 Å². The standard InChI is InChI=1S/C21H23N3O4S2/c1-3-15-7-8-16(13-18(15)30(26,27)24-9-11-28-12-10-24)20(25)23-21-22-19-14(2)5-4-6-17(19)29-21/h4-8,13H,3,9-12H2,1-2H3,(H,22,23,25). The number of anilines is 1. The number of carbonyl (C=O) groups excluding carboxylic acids is 1. The molecule has 1 saturated heterocycles. The molecule has 1 N–H and O–H groups in total. The van der Waals surface area contributed by atoms with Crippen molar-refractivity contribution in [1.29, 1.82) is 0 Å². The number of nitrogens with one attached hydrogen (secondary N) is 1. The molecule has 1 aliphatic heterocycles. The molecule has 1 fully saturated rings. The number of benzene rings is 2. The Bertz CT molecular complexity index is 1200. The number of nitrogens with zero attached hydrogens (tertiary/aromatic N) is 2. The number of ether oxygens (including phenoxy) is 1. The summed E-state index contributed by atoms with van der Waals surface area (Å²) in [6, 6.07) is 10.7. The van der Waals surface area contributed by atoms with Crippen molar-refractivity contribution in [3.8, 4) is 0 Å². The van der Waals surface area contributed by atoms with Gasteiger partial charge in [0.25, 0.3) is 5.91 Å². The third-order valence-corrected chi connectivity index (χ3v) is 8.06. The number of carbonyl (C=O) groups is 1. The minimum Gasteiger partial charge on any atom is -0.379 e. The summed E-state index contributed by atoms with van der Waals surface area (Å²) in [5.74, 6) is -0.382. The van der Waals surface area contributed by atoms with E-state index in [-0.39, 0.29) is 16.4 Å². The maximum atomic E-state index is 13.2. The fraction of sp³-hybridized carbons (Fsp3) is 0.333. The van der Waals surface area contributed by atoms with E-state index in [1.807, 2.05) is 32.0 Å². The molecule has 1 aromatic heterocycles. The summed E-state index contributed by atoms with van der Waals surface area (Å²) in [6.07, 6.45) is 0.554. The van der Waals surface area contributed by atoms with Crippen LogP contribution < -0.4 is 5.32 Å². The molecule has 7 nitrogen and oxygen atoms in total. The number of sulfonamides is 1. The first-order chi connectivity index (χ1) is 14.4. The zero-order valence-corrected chi connectivity index (χ0v) is 18.5. The molecular weight excluding hydrogens is 422 g/mol. The van der Waals surface area contributed by atoms with Crippen LogP contribution in [0.2, 0.25) is 0 Å². The molecule has 0 unspecified atom stereocenters. The van der Waals surface area contributed by atoms with Gasteiger partial charge in [-0.15, -0.1) is 0 Å². The monoisotopic (exact) mass is 445 g/mol. The number of aromatic nitrogens is 1. The van der Waals surface area contributed by atoms with E-state index in [1.165, 1.54) is 21.7 Å². The summed E-state index contributed by atoms with van der Waals surface area (Å²) < 4.78 is 34.0. The molecule has 0 saturated carbocycles. The van der Waals surface area contributed by atoms with Crippen LogP contribution in [0.5, 0.6) is 0 Å². The van der Waals surface area contributed by atoms with Crippen molar-refractivity contribution in [2.45, 2.75) is 25.2 Å². The fourth-order valence-electron chi connectivity index (χ4n) is 3.46. The topological polar surface area (TPSA) is 88.6 Å². The Morgan fingerprint density at radius 2 is 2.00 bits per heavy atom. The Kier molecular flexibility index (Phi) is 5.88. The van der Waals surface area contributed by atoms with Gasteiger partial charge in [0.05, 0.1) is 28.3 Å². The third kappa shape index (κ3) is 3.98.